The van der Waals surface area contributed by atoms with E-state index in [2.05, 4.69) is 6.92 Å². The van der Waals surface area contributed by atoms with E-state index in [0.717, 1.165) is 29.3 Å². The highest BCUT2D eigenvalue weighted by molar-refractivity contribution is 6.04. The van der Waals surface area contributed by atoms with Gasteiger partial charge in [0.2, 0.25) is 0 Å². The van der Waals surface area contributed by atoms with E-state index in [1.807, 2.05) is 36.9 Å². The van der Waals surface area contributed by atoms with Crippen molar-refractivity contribution in [2.75, 3.05) is 0 Å². The zero-order chi connectivity index (χ0) is 12.6. The molecule has 0 atom stereocenters. The zero-order valence-corrected chi connectivity index (χ0v) is 10.4. The van der Waals surface area contributed by atoms with Crippen LogP contribution in [0.2, 0.25) is 0 Å². The normalized spacial score (nSPS) is 11.0. The van der Waals surface area contributed by atoms with Gasteiger partial charge in [-0.25, -0.2) is 4.79 Å². The topological polar surface area (TPSA) is 42.2 Å². The minimum absolute atomic E-state index is 0.423. The molecule has 0 aliphatic heterocycles. The summed E-state index contributed by atoms with van der Waals surface area (Å²) < 4.78 is 1.93. The summed E-state index contributed by atoms with van der Waals surface area (Å²) in [6.45, 7) is 3.97. The largest absolute Gasteiger partial charge is 0.478 e. The smallest absolute Gasteiger partial charge is 0.338 e. The minimum Gasteiger partial charge on any atom is -0.478 e. The van der Waals surface area contributed by atoms with E-state index < -0.39 is 5.97 Å². The van der Waals surface area contributed by atoms with Gasteiger partial charge in [-0.2, -0.15) is 0 Å². The number of aryl methyl sites for hydroxylation is 3. The first kappa shape index (κ1) is 11.7. The molecule has 0 fully saturated rings. The summed E-state index contributed by atoms with van der Waals surface area (Å²) in [5.41, 5.74) is 3.30. The molecule has 0 radical (unpaired) electrons. The SMILES string of the molecule is CCCc1cn(C)c2c(C(=O)O)c(C)ccc12. The molecule has 3 nitrogen and oxygen atoms in total. The van der Waals surface area contributed by atoms with E-state index in [9.17, 15) is 9.90 Å². The lowest BCUT2D eigenvalue weighted by Gasteiger charge is -2.05. The van der Waals surface area contributed by atoms with Crippen LogP contribution in [-0.4, -0.2) is 15.6 Å². The maximum absolute atomic E-state index is 11.3. The molecule has 2 rings (SSSR count). The van der Waals surface area contributed by atoms with Crippen LogP contribution in [0, 0.1) is 6.92 Å². The lowest BCUT2D eigenvalue weighted by molar-refractivity contribution is 0.0698. The highest BCUT2D eigenvalue weighted by Gasteiger charge is 2.16. The first-order valence-corrected chi connectivity index (χ1v) is 5.87. The fourth-order valence-electron chi connectivity index (χ4n) is 2.42. The molecule has 0 amide bonds. The van der Waals surface area contributed by atoms with Gasteiger partial charge in [-0.05, 0) is 24.5 Å². The van der Waals surface area contributed by atoms with Crippen molar-refractivity contribution in [2.24, 2.45) is 7.05 Å². The molecule has 1 aromatic heterocycles. The van der Waals surface area contributed by atoms with E-state index in [0.29, 0.717) is 5.56 Å². The molecule has 0 saturated carbocycles. The fourth-order valence-corrected chi connectivity index (χ4v) is 2.42. The molecule has 1 heterocycles. The zero-order valence-electron chi connectivity index (χ0n) is 10.4. The third-order valence-corrected chi connectivity index (χ3v) is 3.17. The molecule has 3 heteroatoms. The van der Waals surface area contributed by atoms with Crippen LogP contribution in [0.1, 0.15) is 34.8 Å². The molecule has 0 spiro atoms. The quantitative estimate of drug-likeness (QED) is 0.881. The van der Waals surface area contributed by atoms with Gasteiger partial charge in [0.25, 0.3) is 0 Å². The van der Waals surface area contributed by atoms with E-state index in [-0.39, 0.29) is 0 Å². The van der Waals surface area contributed by atoms with Crippen LogP contribution in [-0.2, 0) is 13.5 Å². The van der Waals surface area contributed by atoms with Crippen LogP contribution < -0.4 is 0 Å². The Morgan fingerprint density at radius 2 is 2.12 bits per heavy atom. The molecular formula is C14H17NO2. The van der Waals surface area contributed by atoms with Gasteiger partial charge in [0, 0.05) is 18.6 Å². The number of fused-ring (bicyclic) bond motifs is 1. The van der Waals surface area contributed by atoms with Crippen molar-refractivity contribution in [3.8, 4) is 0 Å². The van der Waals surface area contributed by atoms with Crippen molar-refractivity contribution in [1.29, 1.82) is 0 Å². The van der Waals surface area contributed by atoms with Gasteiger partial charge in [-0.15, -0.1) is 0 Å². The maximum Gasteiger partial charge on any atom is 0.338 e. The number of hydrogen-bond donors (Lipinski definition) is 1. The third-order valence-electron chi connectivity index (χ3n) is 3.17. The van der Waals surface area contributed by atoms with Crippen LogP contribution in [0.15, 0.2) is 18.3 Å². The average molecular weight is 231 g/mol. The number of hydrogen-bond acceptors (Lipinski definition) is 1. The third kappa shape index (κ3) is 1.82. The molecule has 0 aliphatic carbocycles. The van der Waals surface area contributed by atoms with Crippen LogP contribution in [0.3, 0.4) is 0 Å². The lowest BCUT2D eigenvalue weighted by Crippen LogP contribution is -2.03. The number of carbonyl (C=O) groups is 1. The fraction of sp³-hybridized carbons (Fsp3) is 0.357. The predicted octanol–water partition coefficient (Wildman–Crippen LogP) is 3.14. The Morgan fingerprint density at radius 3 is 2.71 bits per heavy atom. The summed E-state index contributed by atoms with van der Waals surface area (Å²) in [6.07, 6.45) is 4.09. The van der Waals surface area contributed by atoms with Crippen LogP contribution in [0.4, 0.5) is 0 Å². The number of benzene rings is 1. The van der Waals surface area contributed by atoms with Gasteiger partial charge in [-0.3, -0.25) is 0 Å². The number of aromatic nitrogens is 1. The number of rotatable bonds is 3. The van der Waals surface area contributed by atoms with Gasteiger partial charge < -0.3 is 9.67 Å². The summed E-state index contributed by atoms with van der Waals surface area (Å²) in [5.74, 6) is -0.850. The molecule has 0 saturated heterocycles. The summed E-state index contributed by atoms with van der Waals surface area (Å²) in [4.78, 5) is 11.3. The minimum atomic E-state index is -0.850. The average Bonchev–Trinajstić information content (AvgIpc) is 2.56. The lowest BCUT2D eigenvalue weighted by atomic mass is 10.0. The van der Waals surface area contributed by atoms with Gasteiger partial charge in [-0.1, -0.05) is 25.5 Å². The summed E-state index contributed by atoms with van der Waals surface area (Å²) in [5, 5.41) is 10.4. The second-order valence-electron chi connectivity index (χ2n) is 4.47. The molecule has 0 bridgehead atoms. The molecular weight excluding hydrogens is 214 g/mol. The van der Waals surface area contributed by atoms with Gasteiger partial charge in [0.1, 0.15) is 0 Å². The Hall–Kier alpha value is -1.77. The second kappa shape index (κ2) is 4.24. The number of carboxylic acid groups (broad SMARTS) is 1. The predicted molar refractivity (Wildman–Crippen MR) is 68.6 cm³/mol. The van der Waals surface area contributed by atoms with Crippen molar-refractivity contribution in [3.05, 3.63) is 35.0 Å². The van der Waals surface area contributed by atoms with E-state index >= 15 is 0 Å². The van der Waals surface area contributed by atoms with Crippen LogP contribution in [0.5, 0.6) is 0 Å². The first-order chi connectivity index (χ1) is 8.06. The van der Waals surface area contributed by atoms with E-state index in [4.69, 9.17) is 0 Å². The van der Waals surface area contributed by atoms with E-state index in [1.165, 1.54) is 5.56 Å². The highest BCUT2D eigenvalue weighted by atomic mass is 16.4. The van der Waals surface area contributed by atoms with Crippen LogP contribution in [0.25, 0.3) is 10.9 Å². The Labute approximate surface area is 101 Å². The number of nitrogens with zero attached hydrogens (tertiary/aromatic N) is 1. The number of carboxylic acids is 1. The molecule has 2 aromatic rings. The highest BCUT2D eigenvalue weighted by Crippen LogP contribution is 2.27. The monoisotopic (exact) mass is 231 g/mol. The van der Waals surface area contributed by atoms with Crippen molar-refractivity contribution >= 4 is 16.9 Å². The van der Waals surface area contributed by atoms with Gasteiger partial charge in [0.05, 0.1) is 11.1 Å². The van der Waals surface area contributed by atoms with Crippen molar-refractivity contribution in [2.45, 2.75) is 26.7 Å². The number of aromatic carboxylic acids is 1. The molecule has 1 N–H and O–H groups in total. The van der Waals surface area contributed by atoms with Crippen molar-refractivity contribution in [1.82, 2.24) is 4.57 Å². The summed E-state index contributed by atoms with van der Waals surface area (Å²) in [6, 6.07) is 3.92. The summed E-state index contributed by atoms with van der Waals surface area (Å²) >= 11 is 0. The Kier molecular flexibility index (Phi) is 2.92. The maximum atomic E-state index is 11.3. The Balaban J connectivity index is 2.81. The van der Waals surface area contributed by atoms with Crippen LogP contribution >= 0.6 is 0 Å². The first-order valence-electron chi connectivity index (χ1n) is 5.87. The van der Waals surface area contributed by atoms with Crippen molar-refractivity contribution < 1.29 is 9.90 Å². The Morgan fingerprint density at radius 1 is 1.41 bits per heavy atom. The second-order valence-corrected chi connectivity index (χ2v) is 4.47. The molecule has 0 unspecified atom stereocenters. The van der Waals surface area contributed by atoms with Crippen molar-refractivity contribution in [3.63, 3.8) is 0 Å². The Bertz CT molecular complexity index is 581. The molecule has 1 aromatic carbocycles. The van der Waals surface area contributed by atoms with E-state index in [1.54, 1.807) is 0 Å². The molecule has 17 heavy (non-hydrogen) atoms. The van der Waals surface area contributed by atoms with Gasteiger partial charge in [0.15, 0.2) is 0 Å². The van der Waals surface area contributed by atoms with Gasteiger partial charge >= 0.3 is 5.97 Å². The molecule has 90 valence electrons. The molecule has 0 aliphatic rings. The summed E-state index contributed by atoms with van der Waals surface area (Å²) in [7, 11) is 1.91. The standard InChI is InChI=1S/C14H17NO2/c1-4-5-10-8-15(3)13-11(10)7-6-9(2)12(13)14(16)17/h6-8H,4-5H2,1-3H3,(H,16,17).